The zero-order chi connectivity index (χ0) is 17.0. The zero-order valence-corrected chi connectivity index (χ0v) is 13.2. The molecule has 0 spiro atoms. The Morgan fingerprint density at radius 2 is 1.55 bits per heavy atom. The van der Waals surface area contributed by atoms with E-state index in [1.807, 2.05) is 0 Å². The molecule has 0 saturated heterocycles. The number of carbonyl (C=O) groups is 1. The maximum atomic E-state index is 11.7. The van der Waals surface area contributed by atoms with Crippen molar-refractivity contribution in [3.05, 3.63) is 35.9 Å². The molecular formula is C11H17NO8P2. The molecule has 0 aromatic heterocycles. The Bertz CT molecular complexity index is 586. The third-order valence-electron chi connectivity index (χ3n) is 2.94. The van der Waals surface area contributed by atoms with Crippen LogP contribution in [0.1, 0.15) is 23.2 Å². The van der Waals surface area contributed by atoms with Gasteiger partial charge in [-0.25, -0.2) is 0 Å². The highest BCUT2D eigenvalue weighted by Crippen LogP contribution is 2.69. The third kappa shape index (κ3) is 4.47. The number of benzene rings is 1. The van der Waals surface area contributed by atoms with Crippen molar-refractivity contribution in [1.29, 1.82) is 0 Å². The molecule has 9 nitrogen and oxygen atoms in total. The van der Waals surface area contributed by atoms with Crippen LogP contribution >= 0.6 is 15.2 Å². The largest absolute Gasteiger partial charge is 0.369 e. The van der Waals surface area contributed by atoms with Crippen LogP contribution in [0.2, 0.25) is 0 Å². The Balaban J connectivity index is 2.61. The molecule has 0 aliphatic heterocycles. The van der Waals surface area contributed by atoms with E-state index in [0.717, 1.165) is 0 Å². The molecule has 11 heteroatoms. The average molecular weight is 353 g/mol. The van der Waals surface area contributed by atoms with Crippen LogP contribution in [-0.2, 0) is 9.13 Å². The molecule has 124 valence electrons. The molecule has 0 aliphatic rings. The fraction of sp³-hybridized carbons (Fsp3) is 0.364. The number of hydrogen-bond donors (Lipinski definition) is 6. The molecule has 0 unspecified atom stereocenters. The molecule has 0 radical (unpaired) electrons. The zero-order valence-electron chi connectivity index (χ0n) is 11.4. The molecule has 1 aromatic carbocycles. The van der Waals surface area contributed by atoms with Gasteiger partial charge in [0.05, 0.1) is 0 Å². The highest BCUT2D eigenvalue weighted by Gasteiger charge is 2.58. The van der Waals surface area contributed by atoms with E-state index >= 15 is 0 Å². The van der Waals surface area contributed by atoms with Crippen LogP contribution in [0.25, 0.3) is 0 Å². The summed E-state index contributed by atoms with van der Waals surface area (Å²) in [5, 5.41) is 8.60. The summed E-state index contributed by atoms with van der Waals surface area (Å²) in [6, 6.07) is 8.12. The Labute approximate surface area is 126 Å². The summed E-state index contributed by atoms with van der Waals surface area (Å²) in [5.41, 5.74) is 0.364. The highest BCUT2D eigenvalue weighted by molar-refractivity contribution is 7.72. The monoisotopic (exact) mass is 353 g/mol. The van der Waals surface area contributed by atoms with Crippen molar-refractivity contribution in [2.45, 2.75) is 17.9 Å². The minimum atomic E-state index is -5.45. The number of hydrogen-bond acceptors (Lipinski definition) is 4. The van der Waals surface area contributed by atoms with E-state index in [4.69, 9.17) is 19.6 Å². The lowest BCUT2D eigenvalue weighted by molar-refractivity contribution is 0.0946. The van der Waals surface area contributed by atoms with Gasteiger partial charge in [-0.2, -0.15) is 0 Å². The van der Waals surface area contributed by atoms with Gasteiger partial charge in [0.1, 0.15) is 0 Å². The molecule has 0 bridgehead atoms. The summed E-state index contributed by atoms with van der Waals surface area (Å²) < 4.78 is 22.2. The third-order valence-corrected chi connectivity index (χ3v) is 6.82. The first-order valence-electron chi connectivity index (χ1n) is 6.16. The minimum absolute atomic E-state index is 0.115. The molecule has 1 amide bonds. The minimum Gasteiger partial charge on any atom is -0.368 e. The lowest BCUT2D eigenvalue weighted by Crippen LogP contribution is -2.31. The molecule has 6 N–H and O–H groups in total. The van der Waals surface area contributed by atoms with Gasteiger partial charge in [-0.15, -0.1) is 0 Å². The van der Waals surface area contributed by atoms with Gasteiger partial charge in [0.25, 0.3) is 11.0 Å². The first kappa shape index (κ1) is 19.0. The average Bonchev–Trinajstić information content (AvgIpc) is 2.41. The SMILES string of the molecule is O=C(NCCCC(O)(P(=O)(O)O)P(=O)(O)O)c1ccccc1. The van der Waals surface area contributed by atoms with Crippen LogP contribution in [0.5, 0.6) is 0 Å². The van der Waals surface area contributed by atoms with Gasteiger partial charge in [0.2, 0.25) is 0 Å². The van der Waals surface area contributed by atoms with Gasteiger partial charge in [-0.05, 0) is 18.6 Å². The van der Waals surface area contributed by atoms with Crippen LogP contribution in [0.4, 0.5) is 0 Å². The lowest BCUT2D eigenvalue weighted by Gasteiger charge is -2.29. The van der Waals surface area contributed by atoms with Crippen LogP contribution in [0, 0.1) is 0 Å². The first-order chi connectivity index (χ1) is 9.99. The lowest BCUT2D eigenvalue weighted by atomic mass is 10.2. The van der Waals surface area contributed by atoms with E-state index < -0.39 is 32.6 Å². The predicted molar refractivity (Wildman–Crippen MR) is 77.0 cm³/mol. The second-order valence-corrected chi connectivity index (χ2v) is 8.60. The molecule has 0 aliphatic carbocycles. The fourth-order valence-electron chi connectivity index (χ4n) is 1.68. The summed E-state index contributed by atoms with van der Waals surface area (Å²) in [6.07, 6.45) is -1.10. The van der Waals surface area contributed by atoms with Gasteiger partial charge in [-0.3, -0.25) is 13.9 Å². The second-order valence-electron chi connectivity index (χ2n) is 4.59. The van der Waals surface area contributed by atoms with E-state index in [2.05, 4.69) is 5.32 Å². The molecule has 0 heterocycles. The Kier molecular flexibility index (Phi) is 6.06. The van der Waals surface area contributed by atoms with Crippen LogP contribution in [0.15, 0.2) is 30.3 Å². The van der Waals surface area contributed by atoms with Crippen molar-refractivity contribution in [2.75, 3.05) is 6.54 Å². The Morgan fingerprint density at radius 1 is 1.05 bits per heavy atom. The molecular weight excluding hydrogens is 336 g/mol. The number of nitrogens with one attached hydrogen (secondary N) is 1. The highest BCUT2D eigenvalue weighted by atomic mass is 31.2. The summed E-state index contributed by atoms with van der Waals surface area (Å²) in [7, 11) is -10.9. The topological polar surface area (TPSA) is 164 Å². The molecule has 22 heavy (non-hydrogen) atoms. The van der Waals surface area contributed by atoms with Crippen molar-refractivity contribution in [2.24, 2.45) is 0 Å². The summed E-state index contributed by atoms with van der Waals surface area (Å²) in [4.78, 5) is 47.4. The number of amides is 1. The van der Waals surface area contributed by atoms with Gasteiger partial charge < -0.3 is 30.0 Å². The number of aliphatic hydroxyl groups is 1. The van der Waals surface area contributed by atoms with Crippen molar-refractivity contribution in [1.82, 2.24) is 5.32 Å². The van der Waals surface area contributed by atoms with Crippen molar-refractivity contribution in [3.8, 4) is 0 Å². The van der Waals surface area contributed by atoms with Crippen LogP contribution in [0.3, 0.4) is 0 Å². The van der Waals surface area contributed by atoms with Gasteiger partial charge in [-0.1, -0.05) is 18.2 Å². The maximum absolute atomic E-state index is 11.7. The van der Waals surface area contributed by atoms with Gasteiger partial charge in [0.15, 0.2) is 0 Å². The number of rotatable bonds is 7. The van der Waals surface area contributed by atoms with E-state index in [1.54, 1.807) is 30.3 Å². The van der Waals surface area contributed by atoms with Crippen LogP contribution < -0.4 is 5.32 Å². The number of carbonyl (C=O) groups excluding carboxylic acids is 1. The molecule has 0 fully saturated rings. The normalized spacial score (nSPS) is 13.0. The van der Waals surface area contributed by atoms with Crippen LogP contribution in [-0.4, -0.2) is 42.2 Å². The summed E-state index contributed by atoms with van der Waals surface area (Å²) >= 11 is 0. The van der Waals surface area contributed by atoms with E-state index in [0.29, 0.717) is 5.56 Å². The van der Waals surface area contributed by atoms with E-state index in [9.17, 15) is 19.0 Å². The van der Waals surface area contributed by atoms with Gasteiger partial charge in [0, 0.05) is 18.5 Å². The molecule has 1 aromatic rings. The quantitative estimate of drug-likeness (QED) is 0.299. The van der Waals surface area contributed by atoms with Crippen molar-refractivity contribution >= 4 is 21.1 Å². The molecule has 1 rings (SSSR count). The Hall–Kier alpha value is -1.05. The standard InChI is InChI=1S/C11H17NO8P2/c13-10(9-5-2-1-3-6-9)12-8-4-7-11(14,21(15,16)17)22(18,19)20/h1-3,5-6,14H,4,7-8H2,(H,12,13)(H2,15,16,17)(H2,18,19,20). The Morgan fingerprint density at radius 3 is 2.00 bits per heavy atom. The molecule has 0 atom stereocenters. The first-order valence-corrected chi connectivity index (χ1v) is 9.38. The van der Waals surface area contributed by atoms with E-state index in [1.165, 1.54) is 0 Å². The second kappa shape index (κ2) is 7.02. The summed E-state index contributed by atoms with van der Waals surface area (Å²) in [6.45, 7) is -0.115. The smallest absolute Gasteiger partial charge is 0.368 e. The van der Waals surface area contributed by atoms with Crippen molar-refractivity contribution in [3.63, 3.8) is 0 Å². The van der Waals surface area contributed by atoms with E-state index in [-0.39, 0.29) is 13.0 Å². The van der Waals surface area contributed by atoms with Gasteiger partial charge >= 0.3 is 15.2 Å². The predicted octanol–water partition coefficient (Wildman–Crippen LogP) is 0.198. The van der Waals surface area contributed by atoms with Crippen molar-refractivity contribution < 1.29 is 38.6 Å². The molecule has 0 saturated carbocycles. The summed E-state index contributed by atoms with van der Waals surface area (Å²) in [5.74, 6) is -0.448. The fourth-order valence-corrected chi connectivity index (χ4v) is 3.94. The maximum Gasteiger partial charge on any atom is 0.369 e.